The molecule has 4 rings (SSSR count). The molecule has 0 aliphatic heterocycles. The number of pyridine rings is 1. The van der Waals surface area contributed by atoms with Crippen LogP contribution in [0.3, 0.4) is 0 Å². The van der Waals surface area contributed by atoms with E-state index in [1.165, 1.54) is 24.1 Å². The lowest BCUT2D eigenvalue weighted by Crippen LogP contribution is -1.98. The molecule has 1 heterocycles. The van der Waals surface area contributed by atoms with Crippen LogP contribution in [0.1, 0.15) is 62.6 Å². The number of rotatable bonds is 10. The van der Waals surface area contributed by atoms with Gasteiger partial charge in [0.15, 0.2) is 0 Å². The largest absolute Gasteiger partial charge is 0.499 e. The summed E-state index contributed by atoms with van der Waals surface area (Å²) >= 11 is 0. The van der Waals surface area contributed by atoms with Gasteiger partial charge in [0.1, 0.15) is 5.82 Å². The normalized spacial score (nSPS) is 13.7. The highest BCUT2D eigenvalue weighted by atomic mass is 19.1. The molecule has 0 amide bonds. The Kier molecular flexibility index (Phi) is 6.81. The van der Waals surface area contributed by atoms with Gasteiger partial charge >= 0.3 is 0 Å². The van der Waals surface area contributed by atoms with Crippen LogP contribution in [0.2, 0.25) is 0 Å². The Labute approximate surface area is 184 Å². The molecule has 2 nitrogen and oxygen atoms in total. The summed E-state index contributed by atoms with van der Waals surface area (Å²) in [7, 11) is 0. The van der Waals surface area contributed by atoms with E-state index in [4.69, 9.17) is 9.72 Å². The van der Waals surface area contributed by atoms with Crippen molar-refractivity contribution in [1.29, 1.82) is 0 Å². The lowest BCUT2D eigenvalue weighted by atomic mass is 9.92. The van der Waals surface area contributed by atoms with E-state index in [-0.39, 0.29) is 5.82 Å². The van der Waals surface area contributed by atoms with Crippen molar-refractivity contribution < 1.29 is 9.13 Å². The Morgan fingerprint density at radius 2 is 1.90 bits per heavy atom. The first-order chi connectivity index (χ1) is 15.2. The molecular weight excluding hydrogens is 385 g/mol. The Hall–Kier alpha value is -2.94. The number of ether oxygens (including phenoxy) is 1. The van der Waals surface area contributed by atoms with Crippen LogP contribution in [0.4, 0.5) is 4.39 Å². The summed E-state index contributed by atoms with van der Waals surface area (Å²) in [5, 5.41) is 1.12. The summed E-state index contributed by atoms with van der Waals surface area (Å²) in [5.41, 5.74) is 5.57. The molecule has 2 aromatic carbocycles. The van der Waals surface area contributed by atoms with E-state index >= 15 is 0 Å². The summed E-state index contributed by atoms with van der Waals surface area (Å²) in [6.45, 7) is 6.62. The van der Waals surface area contributed by atoms with Crippen molar-refractivity contribution in [2.45, 2.75) is 51.4 Å². The van der Waals surface area contributed by atoms with E-state index in [0.29, 0.717) is 12.5 Å². The van der Waals surface area contributed by atoms with Crippen LogP contribution < -0.4 is 0 Å². The second-order valence-corrected chi connectivity index (χ2v) is 8.20. The molecule has 0 spiro atoms. The maximum absolute atomic E-state index is 13.6. The van der Waals surface area contributed by atoms with Crippen LogP contribution in [-0.4, -0.2) is 11.6 Å². The fourth-order valence-corrected chi connectivity index (χ4v) is 4.07. The zero-order chi connectivity index (χ0) is 21.6. The van der Waals surface area contributed by atoms with Crippen LogP contribution in [0, 0.1) is 5.82 Å². The van der Waals surface area contributed by atoms with Crippen molar-refractivity contribution in [3.63, 3.8) is 0 Å². The summed E-state index contributed by atoms with van der Waals surface area (Å²) in [6, 6.07) is 15.1. The average molecular weight is 416 g/mol. The third kappa shape index (κ3) is 5.22. The van der Waals surface area contributed by atoms with Crippen LogP contribution in [0.15, 0.2) is 66.9 Å². The van der Waals surface area contributed by atoms with E-state index in [9.17, 15) is 4.39 Å². The smallest absolute Gasteiger partial charge is 0.123 e. The summed E-state index contributed by atoms with van der Waals surface area (Å²) in [4.78, 5) is 5.05. The molecule has 0 radical (unpaired) electrons. The first kappa shape index (κ1) is 21.3. The highest BCUT2D eigenvalue weighted by molar-refractivity contribution is 5.99. The number of aromatic nitrogens is 1. The van der Waals surface area contributed by atoms with Crippen molar-refractivity contribution >= 4 is 17.0 Å². The summed E-state index contributed by atoms with van der Waals surface area (Å²) in [6.07, 6.45) is 10.9. The van der Waals surface area contributed by atoms with E-state index in [1.807, 2.05) is 31.2 Å². The molecule has 160 valence electrons. The third-order valence-corrected chi connectivity index (χ3v) is 5.77. The minimum atomic E-state index is -0.213. The Bertz CT molecular complexity index is 1080. The van der Waals surface area contributed by atoms with Gasteiger partial charge in [0.05, 0.1) is 23.6 Å². The Morgan fingerprint density at radius 1 is 1.13 bits per heavy atom. The van der Waals surface area contributed by atoms with Gasteiger partial charge in [-0.15, -0.1) is 0 Å². The quantitative estimate of drug-likeness (QED) is 0.247. The SMILES string of the molecule is C=C(CCCC/C=C/c1c(C2CC2)nc2ccccc2c1-c1ccc(F)cc1)OCC. The second-order valence-electron chi connectivity index (χ2n) is 8.20. The molecule has 3 heteroatoms. The van der Waals surface area contributed by atoms with Crippen LogP contribution in [0.5, 0.6) is 0 Å². The van der Waals surface area contributed by atoms with Gasteiger partial charge in [0, 0.05) is 28.9 Å². The number of hydrogen-bond acceptors (Lipinski definition) is 2. The number of unbranched alkanes of at least 4 members (excludes halogenated alkanes) is 2. The average Bonchev–Trinajstić information content (AvgIpc) is 3.62. The molecule has 3 aromatic rings. The number of hydrogen-bond donors (Lipinski definition) is 0. The van der Waals surface area contributed by atoms with E-state index in [2.05, 4.69) is 30.9 Å². The first-order valence-electron chi connectivity index (χ1n) is 11.3. The van der Waals surface area contributed by atoms with Gasteiger partial charge in [-0.3, -0.25) is 4.98 Å². The number of benzene rings is 2. The van der Waals surface area contributed by atoms with Crippen LogP contribution in [0.25, 0.3) is 28.1 Å². The zero-order valence-electron chi connectivity index (χ0n) is 18.2. The molecule has 1 aliphatic rings. The second kappa shape index (κ2) is 9.91. The molecule has 0 atom stereocenters. The molecule has 0 unspecified atom stereocenters. The van der Waals surface area contributed by atoms with Crippen molar-refractivity contribution in [1.82, 2.24) is 4.98 Å². The molecule has 1 fully saturated rings. The van der Waals surface area contributed by atoms with Gasteiger partial charge in [-0.05, 0) is 62.8 Å². The Balaban J connectivity index is 1.64. The monoisotopic (exact) mass is 415 g/mol. The molecular formula is C28H30FNO. The fourth-order valence-electron chi connectivity index (χ4n) is 4.07. The fraction of sp³-hybridized carbons (Fsp3) is 0.321. The molecule has 0 N–H and O–H groups in total. The van der Waals surface area contributed by atoms with E-state index in [0.717, 1.165) is 53.5 Å². The van der Waals surface area contributed by atoms with Crippen LogP contribution >= 0.6 is 0 Å². The molecule has 0 bridgehead atoms. The number of fused-ring (bicyclic) bond motifs is 1. The Morgan fingerprint density at radius 3 is 2.65 bits per heavy atom. The van der Waals surface area contributed by atoms with Gasteiger partial charge in [0.25, 0.3) is 0 Å². The minimum absolute atomic E-state index is 0.213. The van der Waals surface area contributed by atoms with Crippen molar-refractivity contribution in [2.24, 2.45) is 0 Å². The van der Waals surface area contributed by atoms with Crippen LogP contribution in [-0.2, 0) is 4.74 Å². The van der Waals surface area contributed by atoms with Gasteiger partial charge in [-0.25, -0.2) is 4.39 Å². The maximum Gasteiger partial charge on any atom is 0.123 e. The van der Waals surface area contributed by atoms with Gasteiger partial charge in [-0.1, -0.05) is 49.1 Å². The number of allylic oxidation sites excluding steroid dienone is 2. The molecule has 0 saturated heterocycles. The number of halogens is 1. The van der Waals surface area contributed by atoms with E-state index < -0.39 is 0 Å². The number of nitrogens with zero attached hydrogens (tertiary/aromatic N) is 1. The summed E-state index contributed by atoms with van der Waals surface area (Å²) in [5.74, 6) is 1.19. The van der Waals surface area contributed by atoms with Gasteiger partial charge in [0.2, 0.25) is 0 Å². The molecule has 31 heavy (non-hydrogen) atoms. The number of para-hydroxylation sites is 1. The zero-order valence-corrected chi connectivity index (χ0v) is 18.2. The highest BCUT2D eigenvalue weighted by Gasteiger charge is 2.29. The van der Waals surface area contributed by atoms with E-state index in [1.54, 1.807) is 12.1 Å². The lowest BCUT2D eigenvalue weighted by Gasteiger charge is -2.15. The molecule has 1 aromatic heterocycles. The highest BCUT2D eigenvalue weighted by Crippen LogP contribution is 2.45. The standard InChI is InChI=1S/C28H30FNO/c1-3-31-20(2)10-6-4-5-7-12-25-27(21-16-18-23(29)19-17-21)24-11-8-9-13-26(24)30-28(25)22-14-15-22/h7-9,11-13,16-19,22H,2-6,10,14-15H2,1H3/b12-7+. The molecule has 1 aliphatic carbocycles. The summed E-state index contributed by atoms with van der Waals surface area (Å²) < 4.78 is 19.1. The maximum atomic E-state index is 13.6. The van der Waals surface area contributed by atoms with Gasteiger partial charge in [-0.2, -0.15) is 0 Å². The minimum Gasteiger partial charge on any atom is -0.499 e. The predicted octanol–water partition coefficient (Wildman–Crippen LogP) is 8.04. The lowest BCUT2D eigenvalue weighted by molar-refractivity contribution is 0.218. The van der Waals surface area contributed by atoms with Gasteiger partial charge < -0.3 is 4.74 Å². The van der Waals surface area contributed by atoms with Crippen molar-refractivity contribution in [3.8, 4) is 11.1 Å². The topological polar surface area (TPSA) is 22.1 Å². The predicted molar refractivity (Wildman–Crippen MR) is 127 cm³/mol. The first-order valence-corrected chi connectivity index (χ1v) is 11.3. The van der Waals surface area contributed by atoms with Crippen molar-refractivity contribution in [3.05, 3.63) is 84.0 Å². The molecule has 1 saturated carbocycles. The third-order valence-electron chi connectivity index (χ3n) is 5.77. The van der Waals surface area contributed by atoms with Crippen molar-refractivity contribution in [2.75, 3.05) is 6.61 Å².